The van der Waals surface area contributed by atoms with Gasteiger partial charge in [-0.25, -0.2) is 18.4 Å². The molecule has 2 aromatic carbocycles. The van der Waals surface area contributed by atoms with Crippen molar-refractivity contribution in [2.45, 2.75) is 25.2 Å². The Labute approximate surface area is 165 Å². The predicted octanol–water partition coefficient (Wildman–Crippen LogP) is 3.15. The van der Waals surface area contributed by atoms with Crippen molar-refractivity contribution in [3.63, 3.8) is 0 Å². The van der Waals surface area contributed by atoms with Crippen LogP contribution in [0.1, 0.15) is 17.7 Å². The summed E-state index contributed by atoms with van der Waals surface area (Å²) in [6.45, 7) is 6.21. The molecule has 0 spiro atoms. The van der Waals surface area contributed by atoms with Crippen LogP contribution in [0.4, 0.5) is 5.82 Å². The average Bonchev–Trinajstić information content (AvgIpc) is 2.94. The maximum Gasteiger partial charge on any atom is 0.243 e. The monoisotopic (exact) mass is 396 g/mol. The van der Waals surface area contributed by atoms with Crippen LogP contribution in [0.5, 0.6) is 0 Å². The summed E-state index contributed by atoms with van der Waals surface area (Å²) in [7, 11) is -3.48. The molecule has 0 aliphatic carbocycles. The lowest BCUT2D eigenvalue weighted by Gasteiger charge is -2.24. The molecule has 7 heteroatoms. The van der Waals surface area contributed by atoms with Crippen LogP contribution in [0.3, 0.4) is 0 Å². The second-order valence-corrected chi connectivity index (χ2v) is 9.12. The van der Waals surface area contributed by atoms with Gasteiger partial charge in [-0.05, 0) is 44.5 Å². The van der Waals surface area contributed by atoms with E-state index in [1.807, 2.05) is 50.2 Å². The molecule has 0 unspecified atom stereocenters. The second kappa shape index (κ2) is 7.48. The zero-order valence-corrected chi connectivity index (χ0v) is 17.0. The zero-order valence-electron chi connectivity index (χ0n) is 16.2. The highest BCUT2D eigenvalue weighted by atomic mass is 32.2. The van der Waals surface area contributed by atoms with Crippen LogP contribution in [0.15, 0.2) is 53.4 Å². The molecule has 3 aromatic rings. The molecule has 146 valence electrons. The molecule has 2 heterocycles. The number of fused-ring (bicyclic) bond motifs is 1. The third-order valence-corrected chi connectivity index (χ3v) is 7.05. The van der Waals surface area contributed by atoms with Gasteiger partial charge in [0.15, 0.2) is 5.82 Å². The average molecular weight is 397 g/mol. The summed E-state index contributed by atoms with van der Waals surface area (Å²) in [5.74, 6) is 0.841. The maximum absolute atomic E-state index is 13.0. The first-order valence-electron chi connectivity index (χ1n) is 9.50. The fourth-order valence-corrected chi connectivity index (χ4v) is 5.05. The van der Waals surface area contributed by atoms with Crippen LogP contribution in [-0.4, -0.2) is 48.9 Å². The maximum atomic E-state index is 13.0. The molecular weight excluding hydrogens is 372 g/mol. The van der Waals surface area contributed by atoms with Crippen molar-refractivity contribution in [2.24, 2.45) is 0 Å². The van der Waals surface area contributed by atoms with E-state index in [2.05, 4.69) is 9.88 Å². The van der Waals surface area contributed by atoms with Gasteiger partial charge in [-0.1, -0.05) is 29.8 Å². The molecule has 1 saturated heterocycles. The van der Waals surface area contributed by atoms with Gasteiger partial charge in [0.1, 0.15) is 0 Å². The van der Waals surface area contributed by atoms with Crippen LogP contribution in [0.25, 0.3) is 11.0 Å². The molecule has 28 heavy (non-hydrogen) atoms. The summed E-state index contributed by atoms with van der Waals surface area (Å²) in [5.41, 5.74) is 3.65. The number of hydrogen-bond donors (Lipinski definition) is 0. The Hall–Kier alpha value is -2.51. The van der Waals surface area contributed by atoms with Gasteiger partial charge in [0.25, 0.3) is 0 Å². The van der Waals surface area contributed by atoms with E-state index in [0.29, 0.717) is 24.5 Å². The van der Waals surface area contributed by atoms with Crippen LogP contribution in [0.2, 0.25) is 0 Å². The van der Waals surface area contributed by atoms with E-state index in [4.69, 9.17) is 4.98 Å². The summed E-state index contributed by atoms with van der Waals surface area (Å²) >= 11 is 0. The molecule has 0 saturated carbocycles. The van der Waals surface area contributed by atoms with Crippen molar-refractivity contribution in [2.75, 3.05) is 31.1 Å². The van der Waals surface area contributed by atoms with Crippen molar-refractivity contribution in [3.8, 4) is 0 Å². The molecule has 0 atom stereocenters. The lowest BCUT2D eigenvalue weighted by Crippen LogP contribution is -2.35. The van der Waals surface area contributed by atoms with Crippen LogP contribution >= 0.6 is 0 Å². The number of anilines is 1. The Morgan fingerprint density at radius 2 is 1.50 bits per heavy atom. The number of sulfonamides is 1. The van der Waals surface area contributed by atoms with Gasteiger partial charge in [-0.2, -0.15) is 4.31 Å². The van der Waals surface area contributed by atoms with Gasteiger partial charge in [0, 0.05) is 26.2 Å². The molecule has 1 aliphatic rings. The molecule has 0 N–H and O–H groups in total. The third kappa shape index (κ3) is 3.59. The number of hydrogen-bond acceptors (Lipinski definition) is 5. The first-order chi connectivity index (χ1) is 13.4. The first kappa shape index (κ1) is 18.8. The van der Waals surface area contributed by atoms with Gasteiger partial charge in [0.2, 0.25) is 10.0 Å². The van der Waals surface area contributed by atoms with Gasteiger partial charge < -0.3 is 4.90 Å². The summed E-state index contributed by atoms with van der Waals surface area (Å²) in [5, 5.41) is 0. The lowest BCUT2D eigenvalue weighted by molar-refractivity contribution is 0.433. The van der Waals surface area contributed by atoms with Crippen molar-refractivity contribution in [1.82, 2.24) is 14.3 Å². The second-order valence-electron chi connectivity index (χ2n) is 7.18. The summed E-state index contributed by atoms with van der Waals surface area (Å²) in [6.07, 6.45) is 0.749. The molecular formula is C21H24N4O2S. The summed E-state index contributed by atoms with van der Waals surface area (Å²) in [4.78, 5) is 12.0. The number of rotatable bonds is 3. The SMILES string of the molecule is Cc1ccc(S(=O)(=O)N2CCCN(c3nc4ccccc4nc3C)CC2)cc1. The lowest BCUT2D eigenvalue weighted by atomic mass is 10.2. The Morgan fingerprint density at radius 1 is 0.821 bits per heavy atom. The summed E-state index contributed by atoms with van der Waals surface area (Å²) in [6, 6.07) is 14.9. The van der Waals surface area contributed by atoms with E-state index in [9.17, 15) is 8.42 Å². The van der Waals surface area contributed by atoms with E-state index in [-0.39, 0.29) is 0 Å². The van der Waals surface area contributed by atoms with E-state index in [0.717, 1.165) is 41.1 Å². The predicted molar refractivity (Wildman–Crippen MR) is 111 cm³/mol. The number of aryl methyl sites for hydroxylation is 2. The standard InChI is InChI=1S/C21H24N4O2S/c1-16-8-10-18(11-9-16)28(26,27)25-13-5-12-24(14-15-25)21-17(2)22-19-6-3-4-7-20(19)23-21/h3-4,6-11H,5,12-15H2,1-2H3. The molecule has 4 rings (SSSR count). The Balaban J connectivity index is 1.57. The van der Waals surface area contributed by atoms with Crippen LogP contribution < -0.4 is 4.90 Å². The van der Waals surface area contributed by atoms with Gasteiger partial charge in [-0.15, -0.1) is 0 Å². The van der Waals surface area contributed by atoms with Crippen molar-refractivity contribution < 1.29 is 8.42 Å². The van der Waals surface area contributed by atoms with Crippen molar-refractivity contribution in [1.29, 1.82) is 0 Å². The fourth-order valence-electron chi connectivity index (χ4n) is 3.58. The minimum atomic E-state index is -3.48. The molecule has 1 aromatic heterocycles. The van der Waals surface area contributed by atoms with Gasteiger partial charge in [0.05, 0.1) is 21.6 Å². The number of para-hydroxylation sites is 2. The minimum absolute atomic E-state index is 0.355. The summed E-state index contributed by atoms with van der Waals surface area (Å²) < 4.78 is 27.6. The minimum Gasteiger partial charge on any atom is -0.354 e. The molecule has 0 radical (unpaired) electrons. The molecule has 1 aliphatic heterocycles. The molecule has 0 bridgehead atoms. The Bertz CT molecular complexity index is 1100. The highest BCUT2D eigenvalue weighted by Crippen LogP contribution is 2.23. The smallest absolute Gasteiger partial charge is 0.243 e. The number of nitrogens with zero attached hydrogens (tertiary/aromatic N) is 4. The quantitative estimate of drug-likeness (QED) is 0.680. The molecule has 1 fully saturated rings. The van der Waals surface area contributed by atoms with E-state index in [1.165, 1.54) is 0 Å². The van der Waals surface area contributed by atoms with E-state index < -0.39 is 10.0 Å². The number of benzene rings is 2. The van der Waals surface area contributed by atoms with Gasteiger partial charge >= 0.3 is 0 Å². The largest absolute Gasteiger partial charge is 0.354 e. The topological polar surface area (TPSA) is 66.4 Å². The molecule has 0 amide bonds. The van der Waals surface area contributed by atoms with E-state index in [1.54, 1.807) is 16.4 Å². The number of aromatic nitrogens is 2. The normalized spacial score (nSPS) is 16.3. The third-order valence-electron chi connectivity index (χ3n) is 5.13. The highest BCUT2D eigenvalue weighted by Gasteiger charge is 2.27. The zero-order chi connectivity index (χ0) is 19.7. The molecule has 6 nitrogen and oxygen atoms in total. The van der Waals surface area contributed by atoms with Crippen molar-refractivity contribution >= 4 is 26.9 Å². The Kier molecular flexibility index (Phi) is 5.03. The van der Waals surface area contributed by atoms with Crippen LogP contribution in [0, 0.1) is 13.8 Å². The van der Waals surface area contributed by atoms with Crippen LogP contribution in [-0.2, 0) is 10.0 Å². The van der Waals surface area contributed by atoms with Gasteiger partial charge in [-0.3, -0.25) is 0 Å². The van der Waals surface area contributed by atoms with E-state index >= 15 is 0 Å². The highest BCUT2D eigenvalue weighted by molar-refractivity contribution is 7.89. The first-order valence-corrected chi connectivity index (χ1v) is 10.9. The fraction of sp³-hybridized carbons (Fsp3) is 0.333. The Morgan fingerprint density at radius 3 is 2.21 bits per heavy atom. The van der Waals surface area contributed by atoms with Crippen molar-refractivity contribution in [3.05, 3.63) is 59.8 Å².